The van der Waals surface area contributed by atoms with E-state index in [2.05, 4.69) is 10.1 Å². The third-order valence-electron chi connectivity index (χ3n) is 3.14. The maximum atomic E-state index is 13.0. The Morgan fingerprint density at radius 1 is 1.36 bits per heavy atom. The van der Waals surface area contributed by atoms with Crippen molar-refractivity contribution in [2.45, 2.75) is 6.92 Å². The van der Waals surface area contributed by atoms with Crippen molar-refractivity contribution < 1.29 is 13.9 Å². The molecule has 0 aliphatic heterocycles. The molecule has 0 amide bonds. The molecule has 112 valence electrons. The second-order valence-corrected chi connectivity index (χ2v) is 4.57. The summed E-state index contributed by atoms with van der Waals surface area (Å²) >= 11 is 0. The van der Waals surface area contributed by atoms with Gasteiger partial charge in [0.2, 0.25) is 0 Å². The summed E-state index contributed by atoms with van der Waals surface area (Å²) in [4.78, 5) is 28.0. The predicted octanol–water partition coefficient (Wildman–Crippen LogP) is 2.01. The lowest BCUT2D eigenvalue weighted by Crippen LogP contribution is -2.24. The Morgan fingerprint density at radius 3 is 2.77 bits per heavy atom. The molecular weight excluding hydrogens is 289 g/mol. The number of nitrogens with one attached hydrogen (secondary N) is 1. The Bertz CT molecular complexity index is 897. The number of hydrogen-bond acceptors (Lipinski definition) is 4. The Labute approximate surface area is 124 Å². The highest BCUT2D eigenvalue weighted by atomic mass is 19.1. The molecule has 0 atom stereocenters. The third kappa shape index (κ3) is 2.37. The van der Waals surface area contributed by atoms with Gasteiger partial charge in [0, 0.05) is 12.3 Å². The zero-order valence-electron chi connectivity index (χ0n) is 11.7. The first kappa shape index (κ1) is 14.0. The van der Waals surface area contributed by atoms with Crippen LogP contribution in [-0.4, -0.2) is 27.2 Å². The van der Waals surface area contributed by atoms with Crippen molar-refractivity contribution in [3.8, 4) is 11.3 Å². The average Bonchev–Trinajstić information content (AvgIpc) is 2.93. The van der Waals surface area contributed by atoms with Crippen molar-refractivity contribution in [1.82, 2.24) is 14.6 Å². The van der Waals surface area contributed by atoms with Gasteiger partial charge < -0.3 is 4.74 Å². The Kier molecular flexibility index (Phi) is 3.46. The van der Waals surface area contributed by atoms with Gasteiger partial charge in [-0.25, -0.2) is 18.7 Å². The molecule has 22 heavy (non-hydrogen) atoms. The Morgan fingerprint density at radius 2 is 2.09 bits per heavy atom. The van der Waals surface area contributed by atoms with Crippen LogP contribution in [0.25, 0.3) is 16.9 Å². The Balaban J connectivity index is 2.10. The van der Waals surface area contributed by atoms with Crippen molar-refractivity contribution in [3.05, 3.63) is 58.3 Å². The number of carbonyl (C=O) groups is 1. The Hall–Kier alpha value is -2.96. The highest BCUT2D eigenvalue weighted by Gasteiger charge is 2.16. The first-order chi connectivity index (χ1) is 10.6. The molecule has 2 heterocycles. The van der Waals surface area contributed by atoms with Crippen LogP contribution in [0, 0.1) is 5.82 Å². The van der Waals surface area contributed by atoms with Crippen LogP contribution < -0.4 is 5.56 Å². The van der Waals surface area contributed by atoms with Crippen molar-refractivity contribution in [2.75, 3.05) is 6.61 Å². The number of H-pyrrole nitrogens is 1. The summed E-state index contributed by atoms with van der Waals surface area (Å²) in [5.41, 5.74) is 0.954. The van der Waals surface area contributed by atoms with E-state index in [4.69, 9.17) is 4.74 Å². The highest BCUT2D eigenvalue weighted by molar-refractivity contribution is 5.88. The average molecular weight is 301 g/mol. The number of hydrogen-bond donors (Lipinski definition) is 1. The molecule has 3 aromatic rings. The molecule has 7 heteroatoms. The maximum absolute atomic E-state index is 13.0. The number of halogens is 1. The molecule has 0 saturated carbocycles. The van der Waals surface area contributed by atoms with Gasteiger partial charge >= 0.3 is 5.97 Å². The predicted molar refractivity (Wildman–Crippen MR) is 77.2 cm³/mol. The standard InChI is InChI=1S/C15H12FN3O3/c1-2-22-15(21)11-8-17-13-7-12(18-19(13)14(11)20)9-3-5-10(16)6-4-9/h3-8,18H,2H2,1H3. The minimum absolute atomic E-state index is 0.146. The number of aromatic nitrogens is 3. The van der Waals surface area contributed by atoms with Gasteiger partial charge in [-0.3, -0.25) is 9.89 Å². The van der Waals surface area contributed by atoms with Gasteiger partial charge in [0.05, 0.1) is 12.3 Å². The lowest BCUT2D eigenvalue weighted by molar-refractivity contribution is 0.0523. The molecule has 0 unspecified atom stereocenters. The fourth-order valence-electron chi connectivity index (χ4n) is 2.09. The lowest BCUT2D eigenvalue weighted by atomic mass is 10.1. The van der Waals surface area contributed by atoms with E-state index in [1.807, 2.05) is 0 Å². The van der Waals surface area contributed by atoms with Gasteiger partial charge in [-0.05, 0) is 36.8 Å². The maximum Gasteiger partial charge on any atom is 0.345 e. The number of esters is 1. The monoisotopic (exact) mass is 301 g/mol. The minimum Gasteiger partial charge on any atom is -0.462 e. The van der Waals surface area contributed by atoms with Crippen molar-refractivity contribution in [3.63, 3.8) is 0 Å². The van der Waals surface area contributed by atoms with E-state index in [0.29, 0.717) is 16.9 Å². The summed E-state index contributed by atoms with van der Waals surface area (Å²) in [6.07, 6.45) is 1.19. The summed E-state index contributed by atoms with van der Waals surface area (Å²) in [5, 5.41) is 2.85. The van der Waals surface area contributed by atoms with E-state index >= 15 is 0 Å². The van der Waals surface area contributed by atoms with E-state index < -0.39 is 11.5 Å². The van der Waals surface area contributed by atoms with E-state index in [1.165, 1.54) is 18.3 Å². The van der Waals surface area contributed by atoms with Gasteiger partial charge in [-0.1, -0.05) is 0 Å². The van der Waals surface area contributed by atoms with Crippen molar-refractivity contribution >= 4 is 11.6 Å². The third-order valence-corrected chi connectivity index (χ3v) is 3.14. The van der Waals surface area contributed by atoms with Crippen LogP contribution in [0.5, 0.6) is 0 Å². The van der Waals surface area contributed by atoms with Gasteiger partial charge in [-0.15, -0.1) is 0 Å². The molecule has 0 aliphatic rings. The molecule has 0 radical (unpaired) electrons. The molecule has 0 aliphatic carbocycles. The first-order valence-corrected chi connectivity index (χ1v) is 6.64. The second-order valence-electron chi connectivity index (χ2n) is 4.57. The van der Waals surface area contributed by atoms with E-state index in [-0.39, 0.29) is 18.0 Å². The summed E-state index contributed by atoms with van der Waals surface area (Å²) in [6, 6.07) is 7.44. The number of aromatic amines is 1. The number of ether oxygens (including phenoxy) is 1. The smallest absolute Gasteiger partial charge is 0.345 e. The molecule has 3 rings (SSSR count). The number of carbonyl (C=O) groups excluding carboxylic acids is 1. The summed E-state index contributed by atoms with van der Waals surface area (Å²) in [6.45, 7) is 1.83. The fraction of sp³-hybridized carbons (Fsp3) is 0.133. The summed E-state index contributed by atoms with van der Waals surface area (Å²) < 4.78 is 18.9. The molecule has 2 aromatic heterocycles. The molecule has 0 spiro atoms. The van der Waals surface area contributed by atoms with Crippen LogP contribution in [0.15, 0.2) is 41.3 Å². The topological polar surface area (TPSA) is 76.5 Å². The van der Waals surface area contributed by atoms with Gasteiger partial charge in [0.25, 0.3) is 5.56 Å². The minimum atomic E-state index is -0.715. The normalized spacial score (nSPS) is 10.8. The van der Waals surface area contributed by atoms with Crippen LogP contribution in [0.2, 0.25) is 0 Å². The first-order valence-electron chi connectivity index (χ1n) is 6.64. The quantitative estimate of drug-likeness (QED) is 0.751. The second kappa shape index (κ2) is 5.44. The molecular formula is C15H12FN3O3. The van der Waals surface area contributed by atoms with Crippen LogP contribution in [0.3, 0.4) is 0 Å². The fourth-order valence-corrected chi connectivity index (χ4v) is 2.09. The van der Waals surface area contributed by atoms with E-state index in [1.54, 1.807) is 25.1 Å². The number of benzene rings is 1. The zero-order valence-corrected chi connectivity index (χ0v) is 11.7. The van der Waals surface area contributed by atoms with Crippen molar-refractivity contribution in [1.29, 1.82) is 0 Å². The van der Waals surface area contributed by atoms with E-state index in [0.717, 1.165) is 4.52 Å². The molecule has 0 saturated heterocycles. The van der Waals surface area contributed by atoms with Gasteiger partial charge in [0.15, 0.2) is 5.65 Å². The van der Waals surface area contributed by atoms with Crippen LogP contribution >= 0.6 is 0 Å². The summed E-state index contributed by atoms with van der Waals surface area (Å²) in [7, 11) is 0. The number of nitrogens with zero attached hydrogens (tertiary/aromatic N) is 2. The van der Waals surface area contributed by atoms with Gasteiger partial charge in [0.1, 0.15) is 11.4 Å². The van der Waals surface area contributed by atoms with E-state index in [9.17, 15) is 14.0 Å². The van der Waals surface area contributed by atoms with Crippen LogP contribution in [0.1, 0.15) is 17.3 Å². The lowest BCUT2D eigenvalue weighted by Gasteiger charge is -2.00. The molecule has 1 N–H and O–H groups in total. The molecule has 6 nitrogen and oxygen atoms in total. The molecule has 0 fully saturated rings. The zero-order chi connectivity index (χ0) is 15.7. The largest absolute Gasteiger partial charge is 0.462 e. The molecule has 1 aromatic carbocycles. The number of rotatable bonds is 3. The van der Waals surface area contributed by atoms with Crippen molar-refractivity contribution in [2.24, 2.45) is 0 Å². The number of fused-ring (bicyclic) bond motifs is 1. The van der Waals surface area contributed by atoms with Crippen LogP contribution in [-0.2, 0) is 4.74 Å². The highest BCUT2D eigenvalue weighted by Crippen LogP contribution is 2.18. The SMILES string of the molecule is CCOC(=O)c1cnc2cc(-c3ccc(F)cc3)[nH]n2c1=O. The summed E-state index contributed by atoms with van der Waals surface area (Å²) in [5.74, 6) is -1.06. The van der Waals surface area contributed by atoms with Crippen LogP contribution in [0.4, 0.5) is 4.39 Å². The molecule has 0 bridgehead atoms. The van der Waals surface area contributed by atoms with Gasteiger partial charge in [-0.2, -0.15) is 0 Å².